The Balaban J connectivity index is 1.76. The van der Waals surface area contributed by atoms with Gasteiger partial charge in [-0.2, -0.15) is 0 Å². The Morgan fingerprint density at radius 1 is 1.29 bits per heavy atom. The molecule has 31 heavy (non-hydrogen) atoms. The summed E-state index contributed by atoms with van der Waals surface area (Å²) >= 11 is 0. The third-order valence-electron chi connectivity index (χ3n) is 9.05. The first-order valence-corrected chi connectivity index (χ1v) is 11.0. The first kappa shape index (κ1) is 22.3. The highest BCUT2D eigenvalue weighted by atomic mass is 19.1. The van der Waals surface area contributed by atoms with Crippen molar-refractivity contribution in [3.63, 3.8) is 0 Å². The molecule has 4 rings (SSSR count). The number of carbonyl (C=O) groups is 3. The second kappa shape index (κ2) is 6.82. The molecule has 8 atom stereocenters. The lowest BCUT2D eigenvalue weighted by Crippen LogP contribution is -2.69. The molecule has 0 aromatic rings. The van der Waals surface area contributed by atoms with Crippen LogP contribution < -0.4 is 0 Å². The van der Waals surface area contributed by atoms with E-state index < -0.39 is 58.4 Å². The molecule has 0 aromatic carbocycles. The summed E-state index contributed by atoms with van der Waals surface area (Å²) in [6, 6.07) is 0. The predicted octanol–water partition coefficient (Wildman–Crippen LogP) is 2.47. The van der Waals surface area contributed by atoms with Gasteiger partial charge in [-0.25, -0.2) is 4.39 Å². The number of aliphatic hydroxyl groups excluding tert-OH is 1. The van der Waals surface area contributed by atoms with Gasteiger partial charge in [-0.1, -0.05) is 25.5 Å². The summed E-state index contributed by atoms with van der Waals surface area (Å²) in [5.41, 5.74) is -5.33. The fourth-order valence-electron chi connectivity index (χ4n) is 7.42. The van der Waals surface area contributed by atoms with Crippen LogP contribution in [0.15, 0.2) is 23.8 Å². The summed E-state index contributed by atoms with van der Waals surface area (Å²) < 4.78 is 21.9. The average molecular weight is 435 g/mol. The van der Waals surface area contributed by atoms with Crippen LogP contribution in [0.3, 0.4) is 0 Å². The van der Waals surface area contributed by atoms with E-state index in [0.29, 0.717) is 24.8 Å². The van der Waals surface area contributed by atoms with Crippen LogP contribution in [0.1, 0.15) is 53.4 Å². The van der Waals surface area contributed by atoms with Gasteiger partial charge in [0.05, 0.1) is 6.10 Å². The molecular formula is C24H31FO6. The van der Waals surface area contributed by atoms with Gasteiger partial charge in [-0.3, -0.25) is 14.4 Å². The molecular weight excluding hydrogens is 403 g/mol. The third-order valence-corrected chi connectivity index (χ3v) is 9.05. The molecule has 0 amide bonds. The van der Waals surface area contributed by atoms with E-state index in [2.05, 4.69) is 0 Å². The number of halogens is 1. The zero-order valence-corrected chi connectivity index (χ0v) is 18.5. The van der Waals surface area contributed by atoms with Crippen molar-refractivity contribution in [2.75, 3.05) is 6.61 Å². The molecule has 0 aromatic heterocycles. The molecule has 0 bridgehead atoms. The Morgan fingerprint density at radius 3 is 2.61 bits per heavy atom. The van der Waals surface area contributed by atoms with Gasteiger partial charge in [0.2, 0.25) is 5.78 Å². The van der Waals surface area contributed by atoms with Crippen LogP contribution in [0, 0.1) is 28.6 Å². The SMILES string of the molecule is CC(=O)OCC(=O)[C@]1(O)[C@H](C)C[C@@H]2[C@H]3CCC4=CC(=O)C=C[C@]4(C)[C@]3(F)[C@@H](O)C[C@]21C. The summed E-state index contributed by atoms with van der Waals surface area (Å²) in [4.78, 5) is 36.2. The maximum absolute atomic E-state index is 17.0. The van der Waals surface area contributed by atoms with E-state index in [0.717, 1.165) is 0 Å². The lowest BCUT2D eigenvalue weighted by atomic mass is 9.44. The predicted molar refractivity (Wildman–Crippen MR) is 109 cm³/mol. The zero-order chi connectivity index (χ0) is 23.0. The van der Waals surface area contributed by atoms with E-state index >= 15 is 4.39 Å². The maximum atomic E-state index is 17.0. The Kier molecular flexibility index (Phi) is 4.91. The standard InChI is InChI=1S/C24H31FO6/c1-13-9-18-17-6-5-15-10-16(27)7-8-21(15,3)23(17,25)19(28)11-22(18,4)24(13,30)20(29)12-31-14(2)26/h7-8,10,13,17-19,28,30H,5-6,9,11-12H2,1-4H3/t13-,17-,18-,19+,21+,22-,23-,24-/m1/s1. The van der Waals surface area contributed by atoms with Gasteiger partial charge in [0.1, 0.15) is 5.60 Å². The van der Waals surface area contributed by atoms with Crippen molar-refractivity contribution < 1.29 is 33.7 Å². The summed E-state index contributed by atoms with van der Waals surface area (Å²) in [6.07, 6.45) is 4.29. The summed E-state index contributed by atoms with van der Waals surface area (Å²) in [5, 5.41) is 22.9. The van der Waals surface area contributed by atoms with E-state index in [-0.39, 0.29) is 18.1 Å². The molecule has 170 valence electrons. The number of alkyl halides is 1. The van der Waals surface area contributed by atoms with Crippen LogP contribution in [0.4, 0.5) is 4.39 Å². The van der Waals surface area contributed by atoms with E-state index in [4.69, 9.17) is 4.74 Å². The lowest BCUT2D eigenvalue weighted by Gasteiger charge is -2.62. The van der Waals surface area contributed by atoms with E-state index in [9.17, 15) is 24.6 Å². The van der Waals surface area contributed by atoms with Gasteiger partial charge in [0, 0.05) is 23.7 Å². The number of hydrogen-bond acceptors (Lipinski definition) is 6. The number of hydrogen-bond donors (Lipinski definition) is 2. The Morgan fingerprint density at radius 2 is 1.97 bits per heavy atom. The average Bonchev–Trinajstić information content (AvgIpc) is 2.89. The molecule has 3 fully saturated rings. The van der Waals surface area contributed by atoms with E-state index in [1.54, 1.807) is 26.8 Å². The highest BCUT2D eigenvalue weighted by Gasteiger charge is 2.75. The van der Waals surface area contributed by atoms with Crippen LogP contribution in [0.2, 0.25) is 0 Å². The fraction of sp³-hybridized carbons (Fsp3) is 0.708. The molecule has 0 saturated heterocycles. The number of esters is 1. The second-order valence-corrected chi connectivity index (χ2v) is 10.4. The first-order valence-electron chi connectivity index (χ1n) is 11.0. The summed E-state index contributed by atoms with van der Waals surface area (Å²) in [5.74, 6) is -2.80. The van der Waals surface area contributed by atoms with Crippen LogP contribution in [0.25, 0.3) is 0 Å². The fourth-order valence-corrected chi connectivity index (χ4v) is 7.42. The van der Waals surface area contributed by atoms with Crippen molar-refractivity contribution in [3.8, 4) is 0 Å². The minimum atomic E-state index is -2.01. The molecule has 2 N–H and O–H groups in total. The number of rotatable bonds is 3. The van der Waals surface area contributed by atoms with Gasteiger partial charge >= 0.3 is 5.97 Å². The van der Waals surface area contributed by atoms with Crippen LogP contribution in [-0.4, -0.2) is 51.7 Å². The topological polar surface area (TPSA) is 101 Å². The molecule has 4 aliphatic carbocycles. The second-order valence-electron chi connectivity index (χ2n) is 10.4. The highest BCUT2D eigenvalue weighted by molar-refractivity contribution is 6.01. The minimum Gasteiger partial charge on any atom is -0.458 e. The van der Waals surface area contributed by atoms with E-state index in [1.807, 2.05) is 0 Å². The third kappa shape index (κ3) is 2.65. The maximum Gasteiger partial charge on any atom is 0.303 e. The van der Waals surface area contributed by atoms with Crippen LogP contribution >= 0.6 is 0 Å². The molecule has 0 aliphatic heterocycles. The number of aliphatic hydroxyl groups is 2. The number of fused-ring (bicyclic) bond motifs is 5. The number of Topliss-reactive ketones (excluding diaryl/α,β-unsaturated/α-hetero) is 1. The van der Waals surface area contributed by atoms with Crippen molar-refractivity contribution in [1.29, 1.82) is 0 Å². The Hall–Kier alpha value is -1.86. The molecule has 3 saturated carbocycles. The number of ketones is 2. The normalized spacial score (nSPS) is 48.4. The molecule has 4 aliphatic rings. The molecule has 0 radical (unpaired) electrons. The summed E-state index contributed by atoms with van der Waals surface area (Å²) in [7, 11) is 0. The Bertz CT molecular complexity index is 910. The van der Waals surface area contributed by atoms with Gasteiger partial charge in [0.15, 0.2) is 18.1 Å². The minimum absolute atomic E-state index is 0.0953. The van der Waals surface area contributed by atoms with Crippen molar-refractivity contribution in [2.24, 2.45) is 28.6 Å². The zero-order valence-electron chi connectivity index (χ0n) is 18.5. The summed E-state index contributed by atoms with van der Waals surface area (Å²) in [6.45, 7) is 5.89. The molecule has 7 heteroatoms. The monoisotopic (exact) mass is 434 g/mol. The van der Waals surface area contributed by atoms with Crippen molar-refractivity contribution >= 4 is 17.5 Å². The highest BCUT2D eigenvalue weighted by Crippen LogP contribution is 2.70. The molecule has 0 heterocycles. The first-order chi connectivity index (χ1) is 14.3. The van der Waals surface area contributed by atoms with Crippen LogP contribution in [-0.2, 0) is 19.1 Å². The van der Waals surface area contributed by atoms with Gasteiger partial charge < -0.3 is 14.9 Å². The van der Waals surface area contributed by atoms with Crippen molar-refractivity contribution in [1.82, 2.24) is 0 Å². The van der Waals surface area contributed by atoms with Crippen LogP contribution in [0.5, 0.6) is 0 Å². The van der Waals surface area contributed by atoms with Gasteiger partial charge in [-0.05, 0) is 56.6 Å². The molecule has 0 unspecified atom stereocenters. The molecule has 6 nitrogen and oxygen atoms in total. The number of ether oxygens (including phenoxy) is 1. The van der Waals surface area contributed by atoms with Crippen molar-refractivity contribution in [3.05, 3.63) is 23.8 Å². The smallest absolute Gasteiger partial charge is 0.303 e. The largest absolute Gasteiger partial charge is 0.458 e. The van der Waals surface area contributed by atoms with Crippen molar-refractivity contribution in [2.45, 2.75) is 70.8 Å². The lowest BCUT2D eigenvalue weighted by molar-refractivity contribution is -0.219. The molecule has 0 spiro atoms. The number of carbonyl (C=O) groups excluding carboxylic acids is 3. The van der Waals surface area contributed by atoms with E-state index in [1.165, 1.54) is 19.1 Å². The quantitative estimate of drug-likeness (QED) is 0.662. The Labute approximate surface area is 181 Å². The number of allylic oxidation sites excluding steroid dienone is 4. The van der Waals surface area contributed by atoms with Gasteiger partial charge in [-0.15, -0.1) is 0 Å². The van der Waals surface area contributed by atoms with Gasteiger partial charge in [0.25, 0.3) is 0 Å².